The van der Waals surface area contributed by atoms with Gasteiger partial charge in [-0.3, -0.25) is 10.0 Å². The minimum absolute atomic E-state index is 0.146. The molecule has 0 saturated carbocycles. The van der Waals surface area contributed by atoms with Gasteiger partial charge in [-0.1, -0.05) is 6.07 Å². The average Bonchev–Trinajstić information content (AvgIpc) is 3.08. The molecule has 10 heteroatoms. The minimum Gasteiger partial charge on any atom is -0.504 e. The number of aromatic hydroxyl groups is 2. The SMILES string of the molecule is CC(O)CNc1nc(N(C)Cc2ccc(O)c(O)c2)c2c(n1)N(C(C)C)NN2C(C)C. The molecule has 2 heterocycles. The van der Waals surface area contributed by atoms with Crippen LogP contribution in [0.3, 0.4) is 0 Å². The van der Waals surface area contributed by atoms with Crippen LogP contribution in [0.2, 0.25) is 0 Å². The number of phenolic OH excluding ortho intramolecular Hbond substituents is 2. The monoisotopic (exact) mass is 431 g/mol. The van der Waals surface area contributed by atoms with Gasteiger partial charge in [0.25, 0.3) is 0 Å². The largest absolute Gasteiger partial charge is 0.504 e. The van der Waals surface area contributed by atoms with Gasteiger partial charge in [-0.05, 0) is 52.3 Å². The van der Waals surface area contributed by atoms with Crippen molar-refractivity contribution in [1.29, 1.82) is 0 Å². The molecule has 0 fully saturated rings. The third-order valence-corrected chi connectivity index (χ3v) is 4.94. The summed E-state index contributed by atoms with van der Waals surface area (Å²) in [5.74, 6) is 1.57. The number of aromatic nitrogens is 2. The number of aliphatic hydroxyl groups is 1. The van der Waals surface area contributed by atoms with Crippen LogP contribution in [0.15, 0.2) is 18.2 Å². The molecule has 0 saturated heterocycles. The van der Waals surface area contributed by atoms with E-state index in [0.717, 1.165) is 17.1 Å². The number of benzene rings is 1. The molecule has 170 valence electrons. The topological polar surface area (TPSA) is 120 Å². The van der Waals surface area contributed by atoms with E-state index in [9.17, 15) is 15.3 Å². The van der Waals surface area contributed by atoms with Gasteiger partial charge in [0.05, 0.1) is 6.10 Å². The maximum Gasteiger partial charge on any atom is 0.226 e. The molecule has 10 nitrogen and oxygen atoms in total. The molecule has 5 N–H and O–H groups in total. The Morgan fingerprint density at radius 2 is 1.71 bits per heavy atom. The minimum atomic E-state index is -0.538. The Kier molecular flexibility index (Phi) is 6.61. The zero-order chi connectivity index (χ0) is 22.9. The van der Waals surface area contributed by atoms with Crippen LogP contribution < -0.4 is 25.8 Å². The molecular weight excluding hydrogens is 398 g/mol. The van der Waals surface area contributed by atoms with Crippen molar-refractivity contribution in [3.63, 3.8) is 0 Å². The summed E-state index contributed by atoms with van der Waals surface area (Å²) in [6.45, 7) is 10.8. The predicted molar refractivity (Wildman–Crippen MR) is 122 cm³/mol. The van der Waals surface area contributed by atoms with Crippen LogP contribution >= 0.6 is 0 Å². The molecule has 1 atom stereocenters. The fourth-order valence-electron chi connectivity index (χ4n) is 3.36. The molecule has 3 rings (SSSR count). The number of rotatable bonds is 8. The van der Waals surface area contributed by atoms with E-state index in [1.54, 1.807) is 19.1 Å². The molecule has 0 amide bonds. The molecule has 31 heavy (non-hydrogen) atoms. The van der Waals surface area contributed by atoms with Gasteiger partial charge in [0.1, 0.15) is 5.69 Å². The smallest absolute Gasteiger partial charge is 0.226 e. The van der Waals surface area contributed by atoms with Gasteiger partial charge in [-0.15, -0.1) is 5.53 Å². The molecule has 0 spiro atoms. The van der Waals surface area contributed by atoms with E-state index >= 15 is 0 Å². The van der Waals surface area contributed by atoms with Crippen molar-refractivity contribution in [2.75, 3.05) is 33.8 Å². The second-order valence-corrected chi connectivity index (χ2v) is 8.48. The first-order valence-corrected chi connectivity index (χ1v) is 10.5. The fourth-order valence-corrected chi connectivity index (χ4v) is 3.36. The number of nitrogens with one attached hydrogen (secondary N) is 2. The molecule has 1 aliphatic heterocycles. The molecule has 0 radical (unpaired) electrons. The van der Waals surface area contributed by atoms with Crippen LogP contribution in [0.5, 0.6) is 11.5 Å². The number of phenols is 2. The van der Waals surface area contributed by atoms with E-state index in [2.05, 4.69) is 38.5 Å². The quantitative estimate of drug-likeness (QED) is 0.398. The highest BCUT2D eigenvalue weighted by Crippen LogP contribution is 2.42. The van der Waals surface area contributed by atoms with Gasteiger partial charge in [-0.25, -0.2) is 0 Å². The van der Waals surface area contributed by atoms with Gasteiger partial charge >= 0.3 is 0 Å². The van der Waals surface area contributed by atoms with Crippen LogP contribution in [0.1, 0.15) is 40.2 Å². The lowest BCUT2D eigenvalue weighted by Gasteiger charge is -2.28. The Balaban J connectivity index is 2.05. The first-order chi connectivity index (χ1) is 14.6. The lowest BCUT2D eigenvalue weighted by atomic mass is 10.2. The van der Waals surface area contributed by atoms with Crippen molar-refractivity contribution in [2.24, 2.45) is 0 Å². The van der Waals surface area contributed by atoms with Gasteiger partial charge in [0, 0.05) is 32.2 Å². The Labute approximate surface area is 183 Å². The number of anilines is 4. The fraction of sp³-hybridized carbons (Fsp3) is 0.524. The zero-order valence-corrected chi connectivity index (χ0v) is 19.0. The third kappa shape index (κ3) is 4.86. The molecule has 2 aromatic rings. The van der Waals surface area contributed by atoms with E-state index in [1.165, 1.54) is 6.07 Å². The summed E-state index contributed by atoms with van der Waals surface area (Å²) in [5.41, 5.74) is 5.09. The second kappa shape index (κ2) is 9.03. The Bertz CT molecular complexity index is 920. The second-order valence-electron chi connectivity index (χ2n) is 8.48. The summed E-state index contributed by atoms with van der Waals surface area (Å²) >= 11 is 0. The summed E-state index contributed by atoms with van der Waals surface area (Å²) in [7, 11) is 1.92. The van der Waals surface area contributed by atoms with Crippen LogP contribution in [0.4, 0.5) is 23.3 Å². The van der Waals surface area contributed by atoms with Crippen molar-refractivity contribution in [1.82, 2.24) is 15.5 Å². The highest BCUT2D eigenvalue weighted by Gasteiger charge is 2.35. The van der Waals surface area contributed by atoms with E-state index in [-0.39, 0.29) is 23.6 Å². The first-order valence-electron chi connectivity index (χ1n) is 10.5. The summed E-state index contributed by atoms with van der Waals surface area (Å²) < 4.78 is 0. The van der Waals surface area contributed by atoms with Gasteiger partial charge in [0.2, 0.25) is 5.95 Å². The number of nitrogens with zero attached hydrogens (tertiary/aromatic N) is 5. The molecule has 1 aliphatic rings. The maximum absolute atomic E-state index is 9.86. The van der Waals surface area contributed by atoms with Crippen molar-refractivity contribution >= 4 is 23.3 Å². The number of fused-ring (bicyclic) bond motifs is 1. The van der Waals surface area contributed by atoms with Crippen molar-refractivity contribution in [3.8, 4) is 11.5 Å². The normalized spacial score (nSPS) is 14.4. The Hall–Kier alpha value is -2.98. The highest BCUT2D eigenvalue weighted by atomic mass is 16.3. The molecule has 1 aromatic carbocycles. The number of hydrogen-bond acceptors (Lipinski definition) is 10. The Morgan fingerprint density at radius 1 is 1.03 bits per heavy atom. The van der Waals surface area contributed by atoms with Crippen molar-refractivity contribution in [2.45, 2.75) is 59.4 Å². The van der Waals surface area contributed by atoms with Crippen molar-refractivity contribution in [3.05, 3.63) is 23.8 Å². The van der Waals surface area contributed by atoms with Crippen LogP contribution in [-0.4, -0.2) is 57.1 Å². The lowest BCUT2D eigenvalue weighted by Crippen LogP contribution is -2.50. The van der Waals surface area contributed by atoms with Crippen LogP contribution in [0, 0.1) is 0 Å². The third-order valence-electron chi connectivity index (χ3n) is 4.94. The van der Waals surface area contributed by atoms with Crippen molar-refractivity contribution < 1.29 is 15.3 Å². The van der Waals surface area contributed by atoms with Crippen LogP contribution in [-0.2, 0) is 6.54 Å². The highest BCUT2D eigenvalue weighted by molar-refractivity contribution is 5.83. The summed E-state index contributed by atoms with van der Waals surface area (Å²) in [6, 6.07) is 5.07. The van der Waals surface area contributed by atoms with Gasteiger partial charge < -0.3 is 25.5 Å². The predicted octanol–water partition coefficient (Wildman–Crippen LogP) is 2.18. The van der Waals surface area contributed by atoms with Crippen LogP contribution in [0.25, 0.3) is 0 Å². The molecule has 0 bridgehead atoms. The summed E-state index contributed by atoms with van der Waals surface area (Å²) in [5, 5.41) is 36.3. The maximum atomic E-state index is 9.86. The molecular formula is C21H33N7O3. The van der Waals surface area contributed by atoms with Gasteiger partial charge in [0.15, 0.2) is 23.1 Å². The van der Waals surface area contributed by atoms with Gasteiger partial charge in [-0.2, -0.15) is 9.97 Å². The summed E-state index contributed by atoms with van der Waals surface area (Å²) in [6.07, 6.45) is -0.538. The lowest BCUT2D eigenvalue weighted by molar-refractivity contribution is 0.208. The Morgan fingerprint density at radius 3 is 2.29 bits per heavy atom. The number of aliphatic hydroxyl groups excluding tert-OH is 1. The molecule has 1 aromatic heterocycles. The number of hydrogen-bond donors (Lipinski definition) is 5. The van der Waals surface area contributed by atoms with E-state index < -0.39 is 6.10 Å². The van der Waals surface area contributed by atoms with E-state index in [1.807, 2.05) is 22.0 Å². The standard InChI is InChI=1S/C21H33N7O3/c1-12(2)27-18-19(26(6)11-15-7-8-16(30)17(31)9-15)23-21(22-10-14(5)29)24-20(18)28(25-27)13(3)4/h7-9,12-14,25,29-31H,10-11H2,1-6H3,(H,22,23,24). The molecule has 0 aliphatic carbocycles. The zero-order valence-electron chi connectivity index (χ0n) is 19.0. The first kappa shape index (κ1) is 22.7. The van der Waals surface area contributed by atoms with E-state index in [0.29, 0.717) is 24.9 Å². The van der Waals surface area contributed by atoms with E-state index in [4.69, 9.17) is 9.97 Å². The average molecular weight is 432 g/mol. The molecule has 1 unspecified atom stereocenters. The summed E-state index contributed by atoms with van der Waals surface area (Å²) in [4.78, 5) is 11.4. The number of hydrazine groups is 2.